The lowest BCUT2D eigenvalue weighted by atomic mass is 9.96. The van der Waals surface area contributed by atoms with Crippen molar-refractivity contribution in [2.75, 3.05) is 32.7 Å². The minimum atomic E-state index is 0. The Balaban J connectivity index is 0.00000243. The number of nitrogens with zero attached hydrogens (tertiary/aromatic N) is 3. The summed E-state index contributed by atoms with van der Waals surface area (Å²) in [5.74, 6) is 1.42. The first-order valence-electron chi connectivity index (χ1n) is 9.73. The van der Waals surface area contributed by atoms with Gasteiger partial charge in [-0.2, -0.15) is 0 Å². The van der Waals surface area contributed by atoms with Gasteiger partial charge < -0.3 is 10.6 Å². The molecule has 4 nitrogen and oxygen atoms in total. The van der Waals surface area contributed by atoms with Crippen molar-refractivity contribution in [1.29, 1.82) is 0 Å². The van der Waals surface area contributed by atoms with E-state index in [1.54, 1.807) is 0 Å². The Morgan fingerprint density at radius 3 is 2.35 bits per heavy atom. The van der Waals surface area contributed by atoms with Gasteiger partial charge in [0.2, 0.25) is 0 Å². The van der Waals surface area contributed by atoms with E-state index in [-0.39, 0.29) is 24.0 Å². The lowest BCUT2D eigenvalue weighted by Crippen LogP contribution is -2.39. The zero-order chi connectivity index (χ0) is 17.5. The van der Waals surface area contributed by atoms with Crippen LogP contribution in [0.4, 0.5) is 0 Å². The Morgan fingerprint density at radius 2 is 1.69 bits per heavy atom. The summed E-state index contributed by atoms with van der Waals surface area (Å²) in [4.78, 5) is 9.49. The van der Waals surface area contributed by atoms with E-state index in [4.69, 9.17) is 22.3 Å². The van der Waals surface area contributed by atoms with E-state index in [1.165, 1.54) is 44.1 Å². The van der Waals surface area contributed by atoms with Crippen LogP contribution in [0.5, 0.6) is 0 Å². The summed E-state index contributed by atoms with van der Waals surface area (Å²) < 4.78 is 0. The zero-order valence-corrected chi connectivity index (χ0v) is 18.7. The monoisotopic (exact) mass is 490 g/mol. The van der Waals surface area contributed by atoms with Crippen molar-refractivity contribution in [2.24, 2.45) is 16.6 Å². The van der Waals surface area contributed by atoms with E-state index in [0.29, 0.717) is 5.92 Å². The predicted octanol–water partition coefficient (Wildman–Crippen LogP) is 4.36. The summed E-state index contributed by atoms with van der Waals surface area (Å²) in [6.07, 6.45) is 7.54. The number of benzene rings is 1. The molecule has 2 heterocycles. The van der Waals surface area contributed by atoms with E-state index >= 15 is 0 Å². The molecule has 0 atom stereocenters. The van der Waals surface area contributed by atoms with Gasteiger partial charge in [-0.25, -0.2) is 0 Å². The Labute approximate surface area is 180 Å². The molecule has 0 bridgehead atoms. The molecule has 146 valence electrons. The van der Waals surface area contributed by atoms with E-state index < -0.39 is 0 Å². The molecule has 3 rings (SSSR count). The number of halogens is 2. The fourth-order valence-electron chi connectivity index (χ4n) is 3.82. The number of rotatable bonds is 4. The number of nitrogens with two attached hydrogens (primary N) is 1. The summed E-state index contributed by atoms with van der Waals surface area (Å²) >= 11 is 6.28. The van der Waals surface area contributed by atoms with Gasteiger partial charge >= 0.3 is 0 Å². The highest BCUT2D eigenvalue weighted by atomic mass is 127. The molecule has 0 amide bonds. The summed E-state index contributed by atoms with van der Waals surface area (Å²) in [7, 11) is 0. The normalized spacial score (nSPS) is 20.5. The van der Waals surface area contributed by atoms with Gasteiger partial charge in [0, 0.05) is 31.2 Å². The van der Waals surface area contributed by atoms with Crippen molar-refractivity contribution < 1.29 is 0 Å². The first-order valence-corrected chi connectivity index (χ1v) is 10.1. The zero-order valence-electron chi connectivity index (χ0n) is 15.6. The average Bonchev–Trinajstić information content (AvgIpc) is 2.92. The van der Waals surface area contributed by atoms with Crippen LogP contribution in [0.15, 0.2) is 29.3 Å². The maximum absolute atomic E-state index is 6.28. The lowest BCUT2D eigenvalue weighted by Gasteiger charge is -2.31. The van der Waals surface area contributed by atoms with Crippen LogP contribution in [-0.4, -0.2) is 48.5 Å². The highest BCUT2D eigenvalue weighted by Gasteiger charge is 2.20. The van der Waals surface area contributed by atoms with Crippen molar-refractivity contribution >= 4 is 41.5 Å². The Bertz CT molecular complexity index is 565. The second-order valence-electron chi connectivity index (χ2n) is 7.41. The topological polar surface area (TPSA) is 44.9 Å². The summed E-state index contributed by atoms with van der Waals surface area (Å²) in [6, 6.07) is 8.16. The largest absolute Gasteiger partial charge is 0.370 e. The quantitative estimate of drug-likeness (QED) is 0.387. The van der Waals surface area contributed by atoms with Crippen LogP contribution in [0, 0.1) is 5.92 Å². The van der Waals surface area contributed by atoms with Crippen LogP contribution >= 0.6 is 35.6 Å². The molecule has 2 saturated heterocycles. The lowest BCUT2D eigenvalue weighted by molar-refractivity contribution is 0.180. The third-order valence-electron chi connectivity index (χ3n) is 5.50. The highest BCUT2D eigenvalue weighted by molar-refractivity contribution is 14.0. The first kappa shape index (κ1) is 21.8. The fourth-order valence-corrected chi connectivity index (χ4v) is 4.01. The number of aliphatic imine (C=N–C) groups is 1. The maximum Gasteiger partial charge on any atom is 0.191 e. The van der Waals surface area contributed by atoms with Crippen LogP contribution in [-0.2, 0) is 6.54 Å². The van der Waals surface area contributed by atoms with Gasteiger partial charge in [0.15, 0.2) is 5.96 Å². The van der Waals surface area contributed by atoms with Crippen LogP contribution in [0.3, 0.4) is 0 Å². The molecular weight excluding hydrogens is 459 g/mol. The summed E-state index contributed by atoms with van der Waals surface area (Å²) in [5, 5.41) is 0.874. The van der Waals surface area contributed by atoms with Crippen molar-refractivity contribution in [3.8, 4) is 0 Å². The molecule has 0 aliphatic carbocycles. The predicted molar refractivity (Wildman–Crippen MR) is 121 cm³/mol. The number of likely N-dealkylation sites (tertiary alicyclic amines) is 2. The van der Waals surface area contributed by atoms with Gasteiger partial charge in [-0.05, 0) is 56.3 Å². The maximum atomic E-state index is 6.28. The van der Waals surface area contributed by atoms with Crippen molar-refractivity contribution in [3.05, 3.63) is 34.9 Å². The van der Waals surface area contributed by atoms with Crippen LogP contribution in [0.1, 0.15) is 44.1 Å². The number of piperidine rings is 1. The second kappa shape index (κ2) is 11.3. The van der Waals surface area contributed by atoms with Gasteiger partial charge in [-0.15, -0.1) is 24.0 Å². The van der Waals surface area contributed by atoms with E-state index in [2.05, 4.69) is 21.9 Å². The van der Waals surface area contributed by atoms with Gasteiger partial charge in [0.05, 0.1) is 0 Å². The molecule has 26 heavy (non-hydrogen) atoms. The summed E-state index contributed by atoms with van der Waals surface area (Å²) in [6.45, 7) is 6.22. The van der Waals surface area contributed by atoms with Gasteiger partial charge in [0.25, 0.3) is 0 Å². The molecule has 0 saturated carbocycles. The minimum absolute atomic E-state index is 0. The van der Waals surface area contributed by atoms with Crippen LogP contribution < -0.4 is 5.73 Å². The van der Waals surface area contributed by atoms with Crippen molar-refractivity contribution in [1.82, 2.24) is 9.80 Å². The van der Waals surface area contributed by atoms with Crippen molar-refractivity contribution in [3.63, 3.8) is 0 Å². The Morgan fingerprint density at radius 1 is 1.04 bits per heavy atom. The standard InChI is InChI=1S/C20H31ClN4.HI/c21-19-8-4-3-7-18(19)16-24-13-9-17(10-14-24)15-23-20(22)25-11-5-1-2-6-12-25;/h3-4,7-8,17H,1-2,5-6,9-16H2,(H2,22,23);1H. The molecule has 0 radical (unpaired) electrons. The molecule has 2 N–H and O–H groups in total. The summed E-state index contributed by atoms with van der Waals surface area (Å²) in [5.41, 5.74) is 7.46. The Kier molecular flexibility index (Phi) is 9.50. The SMILES string of the molecule is I.NC(=NCC1CCN(Cc2ccccc2Cl)CC1)N1CCCCCC1. The minimum Gasteiger partial charge on any atom is -0.370 e. The third kappa shape index (κ3) is 6.57. The molecule has 1 aromatic carbocycles. The number of guanidine groups is 1. The van der Waals surface area contributed by atoms with Gasteiger partial charge in [-0.1, -0.05) is 42.6 Å². The van der Waals surface area contributed by atoms with E-state index in [9.17, 15) is 0 Å². The molecular formula is C20H32ClIN4. The van der Waals surface area contributed by atoms with Crippen LogP contribution in [0.25, 0.3) is 0 Å². The highest BCUT2D eigenvalue weighted by Crippen LogP contribution is 2.22. The van der Waals surface area contributed by atoms with Crippen molar-refractivity contribution in [2.45, 2.75) is 45.1 Å². The van der Waals surface area contributed by atoms with Gasteiger partial charge in [-0.3, -0.25) is 9.89 Å². The molecule has 2 fully saturated rings. The van der Waals surface area contributed by atoms with E-state index in [1.807, 2.05) is 12.1 Å². The third-order valence-corrected chi connectivity index (χ3v) is 5.87. The molecule has 1 aromatic rings. The van der Waals surface area contributed by atoms with E-state index in [0.717, 1.165) is 50.3 Å². The average molecular weight is 491 g/mol. The molecule has 2 aliphatic heterocycles. The molecule has 0 unspecified atom stereocenters. The number of hydrogen-bond donors (Lipinski definition) is 1. The smallest absolute Gasteiger partial charge is 0.191 e. The molecule has 0 aromatic heterocycles. The van der Waals surface area contributed by atoms with Gasteiger partial charge in [0.1, 0.15) is 0 Å². The second-order valence-corrected chi connectivity index (χ2v) is 7.82. The first-order chi connectivity index (χ1) is 12.2. The number of hydrogen-bond acceptors (Lipinski definition) is 2. The Hall–Kier alpha value is -0.530. The fraction of sp³-hybridized carbons (Fsp3) is 0.650. The molecule has 0 spiro atoms. The molecule has 2 aliphatic rings. The van der Waals surface area contributed by atoms with Crippen LogP contribution in [0.2, 0.25) is 5.02 Å². The molecule has 6 heteroatoms.